The second-order valence-electron chi connectivity index (χ2n) is 17.9. The van der Waals surface area contributed by atoms with Crippen LogP contribution >= 0.6 is 0 Å². The van der Waals surface area contributed by atoms with Crippen LogP contribution in [0.3, 0.4) is 0 Å². The molecule has 1 aliphatic carbocycles. The summed E-state index contributed by atoms with van der Waals surface area (Å²) in [6, 6.07) is 26.1. The highest BCUT2D eigenvalue weighted by Crippen LogP contribution is 2.52. The zero-order valence-electron chi connectivity index (χ0n) is 36.7. The second kappa shape index (κ2) is 16.9. The summed E-state index contributed by atoms with van der Waals surface area (Å²) in [5.41, 5.74) is 10.6. The number of benzene rings is 4. The van der Waals surface area contributed by atoms with E-state index in [1.54, 1.807) is 0 Å². The Labute approximate surface area is 362 Å². The number of anilines is 2. The van der Waals surface area contributed by atoms with Crippen LogP contribution in [0.15, 0.2) is 120 Å². The minimum absolute atomic E-state index is 0.208. The minimum Gasteiger partial charge on any atom is -0.450 e. The predicted octanol–water partition coefficient (Wildman–Crippen LogP) is 10.3. The highest BCUT2D eigenvalue weighted by Gasteiger charge is 2.43. The SMILES string of the molecule is CCCCN1C(=CC=C2CCC(=CC=C3N(CCCS(=O)(=O)O)c4ccc5ccccc5c4C3(C)C)C2=[N+]2CCN(C(=O)OCC)CC2)C(C)(C)c2c1ccc1ccccc21. The Morgan fingerprint density at radius 3 is 1.69 bits per heavy atom. The molecule has 1 saturated carbocycles. The van der Waals surface area contributed by atoms with Gasteiger partial charge in [0.15, 0.2) is 13.1 Å². The Morgan fingerprint density at radius 1 is 0.721 bits per heavy atom. The van der Waals surface area contributed by atoms with Crippen molar-refractivity contribution in [2.75, 3.05) is 61.4 Å². The molecular weight excluding hydrogens is 781 g/mol. The number of allylic oxidation sites excluding steroid dienone is 8. The average Bonchev–Trinajstić information content (AvgIpc) is 3.82. The van der Waals surface area contributed by atoms with Gasteiger partial charge in [-0.1, -0.05) is 114 Å². The lowest BCUT2D eigenvalue weighted by Gasteiger charge is -2.27. The van der Waals surface area contributed by atoms with Gasteiger partial charge in [0.05, 0.1) is 25.4 Å². The van der Waals surface area contributed by atoms with Crippen LogP contribution in [-0.4, -0.2) is 85.9 Å². The Kier molecular flexibility index (Phi) is 11.8. The molecule has 4 aromatic rings. The van der Waals surface area contributed by atoms with Crippen molar-refractivity contribution >= 4 is 54.8 Å². The Bertz CT molecular complexity index is 2640. The molecule has 8 rings (SSSR count). The van der Waals surface area contributed by atoms with Crippen LogP contribution in [0.2, 0.25) is 0 Å². The molecular formula is C51H61N4O5S+. The first-order valence-corrected chi connectivity index (χ1v) is 23.8. The van der Waals surface area contributed by atoms with Crippen molar-refractivity contribution in [1.82, 2.24) is 4.90 Å². The highest BCUT2D eigenvalue weighted by atomic mass is 32.2. The van der Waals surface area contributed by atoms with Crippen LogP contribution in [0.25, 0.3) is 21.5 Å². The Morgan fingerprint density at radius 2 is 1.21 bits per heavy atom. The maximum atomic E-state index is 12.8. The van der Waals surface area contributed by atoms with Crippen LogP contribution in [0.5, 0.6) is 0 Å². The maximum Gasteiger partial charge on any atom is 0.410 e. The van der Waals surface area contributed by atoms with E-state index in [0.717, 1.165) is 43.6 Å². The van der Waals surface area contributed by atoms with E-state index in [0.29, 0.717) is 45.8 Å². The van der Waals surface area contributed by atoms with E-state index in [4.69, 9.17) is 4.74 Å². The molecule has 0 spiro atoms. The molecule has 0 unspecified atom stereocenters. The topological polar surface area (TPSA) is 93.4 Å². The quantitative estimate of drug-likeness (QED) is 0.126. The van der Waals surface area contributed by atoms with Crippen molar-refractivity contribution in [2.45, 2.75) is 84.5 Å². The van der Waals surface area contributed by atoms with Gasteiger partial charge in [-0.3, -0.25) is 9.45 Å². The van der Waals surface area contributed by atoms with Crippen molar-refractivity contribution in [1.29, 1.82) is 0 Å². The molecule has 0 radical (unpaired) electrons. The van der Waals surface area contributed by atoms with Crippen molar-refractivity contribution in [3.63, 3.8) is 0 Å². The molecule has 9 nitrogen and oxygen atoms in total. The van der Waals surface area contributed by atoms with Crippen molar-refractivity contribution < 1.29 is 27.1 Å². The summed E-state index contributed by atoms with van der Waals surface area (Å²) in [7, 11) is -4.10. The number of hydrogen-bond acceptors (Lipinski definition) is 6. The van der Waals surface area contributed by atoms with Gasteiger partial charge in [0.2, 0.25) is 5.71 Å². The number of amides is 1. The van der Waals surface area contributed by atoms with Gasteiger partial charge in [0.1, 0.15) is 0 Å². The fourth-order valence-electron chi connectivity index (χ4n) is 10.4. The third kappa shape index (κ3) is 8.05. The van der Waals surface area contributed by atoms with Gasteiger partial charge >= 0.3 is 6.09 Å². The summed E-state index contributed by atoms with van der Waals surface area (Å²) in [6.07, 6.45) is 13.3. The van der Waals surface area contributed by atoms with Gasteiger partial charge in [0, 0.05) is 57.8 Å². The van der Waals surface area contributed by atoms with Crippen molar-refractivity contribution in [2.24, 2.45) is 0 Å². The first kappa shape index (κ1) is 42.5. The molecule has 0 bridgehead atoms. The zero-order valence-corrected chi connectivity index (χ0v) is 37.5. The number of carbonyl (C=O) groups is 1. The van der Waals surface area contributed by atoms with Crippen LogP contribution < -0.4 is 9.80 Å². The molecule has 3 aliphatic heterocycles. The molecule has 1 N–H and O–H groups in total. The molecule has 4 aliphatic rings. The van der Waals surface area contributed by atoms with Crippen molar-refractivity contribution in [3.05, 3.63) is 131 Å². The summed E-state index contributed by atoms with van der Waals surface area (Å²) in [5.74, 6) is -0.297. The summed E-state index contributed by atoms with van der Waals surface area (Å²) >= 11 is 0. The fraction of sp³-hybridized carbons (Fsp3) is 0.412. The van der Waals surface area contributed by atoms with Gasteiger partial charge in [-0.15, -0.1) is 0 Å². The lowest BCUT2D eigenvalue weighted by molar-refractivity contribution is -0.537. The first-order chi connectivity index (χ1) is 29.2. The van der Waals surface area contributed by atoms with E-state index in [1.807, 2.05) is 11.8 Å². The van der Waals surface area contributed by atoms with E-state index < -0.39 is 10.1 Å². The van der Waals surface area contributed by atoms with E-state index in [-0.39, 0.29) is 22.7 Å². The van der Waals surface area contributed by atoms with Gasteiger partial charge in [0.25, 0.3) is 10.1 Å². The number of carbonyl (C=O) groups excluding carboxylic acids is 1. The Balaban J connectivity index is 1.22. The van der Waals surface area contributed by atoms with Gasteiger partial charge in [-0.25, -0.2) is 9.37 Å². The van der Waals surface area contributed by atoms with Gasteiger partial charge in [-0.2, -0.15) is 8.42 Å². The molecule has 10 heteroatoms. The maximum absolute atomic E-state index is 12.8. The molecule has 61 heavy (non-hydrogen) atoms. The summed E-state index contributed by atoms with van der Waals surface area (Å²) in [4.78, 5) is 19.4. The number of piperazine rings is 1. The molecule has 1 amide bonds. The number of rotatable bonds is 10. The number of unbranched alkanes of at least 4 members (excludes halogenated alkanes) is 1. The molecule has 0 atom stereocenters. The number of fused-ring (bicyclic) bond motifs is 6. The molecule has 2 fully saturated rings. The van der Waals surface area contributed by atoms with Crippen LogP contribution in [0.1, 0.15) is 84.8 Å². The summed E-state index contributed by atoms with van der Waals surface area (Å²) < 4.78 is 41.2. The second-order valence-corrected chi connectivity index (χ2v) is 19.5. The molecule has 4 aromatic carbocycles. The lowest BCUT2D eigenvalue weighted by atomic mass is 9.81. The third-order valence-electron chi connectivity index (χ3n) is 13.3. The largest absolute Gasteiger partial charge is 0.450 e. The van der Waals surface area contributed by atoms with Crippen LogP contribution in [0.4, 0.5) is 16.2 Å². The van der Waals surface area contributed by atoms with E-state index in [9.17, 15) is 17.8 Å². The van der Waals surface area contributed by atoms with Crippen LogP contribution in [0, 0.1) is 0 Å². The summed E-state index contributed by atoms with van der Waals surface area (Å²) in [6.45, 7) is 17.7. The molecule has 1 saturated heterocycles. The van der Waals surface area contributed by atoms with E-state index in [2.05, 4.69) is 146 Å². The minimum atomic E-state index is -4.10. The molecule has 3 heterocycles. The predicted molar refractivity (Wildman–Crippen MR) is 250 cm³/mol. The van der Waals surface area contributed by atoms with Crippen molar-refractivity contribution in [3.8, 4) is 0 Å². The lowest BCUT2D eigenvalue weighted by Crippen LogP contribution is -2.47. The van der Waals surface area contributed by atoms with E-state index >= 15 is 0 Å². The molecule has 320 valence electrons. The molecule has 0 aromatic heterocycles. The number of ether oxygens (including phenoxy) is 1. The Hall–Kier alpha value is -5.19. The summed E-state index contributed by atoms with van der Waals surface area (Å²) in [5, 5.41) is 4.93. The normalized spacial score (nSPS) is 21.2. The standard InChI is InChI=1S/C51H60N4O5S/c1-7-9-29-54-42-25-21-36-15-10-12-17-40(36)46(42)50(3,4)44(54)27-23-38-19-20-39(48(38)52-31-33-53(34-32-52)49(56)60-8-2)24-28-45-51(5,6)47-41-18-13-11-16-37(41)22-26-43(47)55(45)30-14-35-61(57,58)59/h10-13,15-18,21-28H,7-9,14,19-20,29-35H2,1-6H3/p+1. The number of hydrogen-bond donors (Lipinski definition) is 1. The smallest absolute Gasteiger partial charge is 0.410 e. The highest BCUT2D eigenvalue weighted by molar-refractivity contribution is 7.85. The van der Waals surface area contributed by atoms with Gasteiger partial charge in [-0.05, 0) is 89.6 Å². The van der Waals surface area contributed by atoms with Crippen LogP contribution in [-0.2, 0) is 25.7 Å². The van der Waals surface area contributed by atoms with E-state index in [1.165, 1.54) is 60.9 Å². The fourth-order valence-corrected chi connectivity index (χ4v) is 10.9. The third-order valence-corrected chi connectivity index (χ3v) is 14.1. The monoisotopic (exact) mass is 841 g/mol. The zero-order chi connectivity index (χ0) is 43.1. The first-order valence-electron chi connectivity index (χ1n) is 22.2. The average molecular weight is 842 g/mol. The van der Waals surface area contributed by atoms with Gasteiger partial charge < -0.3 is 14.5 Å². The number of nitrogens with zero attached hydrogens (tertiary/aromatic N) is 4.